The van der Waals surface area contributed by atoms with Crippen molar-refractivity contribution in [3.8, 4) is 5.75 Å². The van der Waals surface area contributed by atoms with Crippen LogP contribution in [0.4, 0.5) is 5.69 Å². The number of amides is 1. The maximum absolute atomic E-state index is 11.8. The van der Waals surface area contributed by atoms with Crippen LogP contribution in [-0.4, -0.2) is 31.8 Å². The SMILES string of the molecule is O=C(COc1ccccc1Cl)N/N=C/c1ccc(N2CCCCC2)cc1. The number of nitrogens with zero attached hydrogens (tertiary/aromatic N) is 2. The number of carbonyl (C=O) groups is 1. The molecule has 1 amide bonds. The Hall–Kier alpha value is -2.53. The highest BCUT2D eigenvalue weighted by Gasteiger charge is 2.10. The Labute approximate surface area is 158 Å². The number of piperidine rings is 1. The first-order valence-corrected chi connectivity index (χ1v) is 9.14. The van der Waals surface area contributed by atoms with E-state index in [1.54, 1.807) is 30.5 Å². The van der Waals surface area contributed by atoms with Crippen molar-refractivity contribution in [2.24, 2.45) is 5.10 Å². The van der Waals surface area contributed by atoms with Crippen molar-refractivity contribution in [3.05, 3.63) is 59.1 Å². The second-order valence-electron chi connectivity index (χ2n) is 6.15. The zero-order valence-electron chi connectivity index (χ0n) is 14.5. The molecule has 1 fully saturated rings. The quantitative estimate of drug-likeness (QED) is 0.619. The standard InChI is InChI=1S/C20H22ClN3O2/c21-18-6-2-3-7-19(18)26-15-20(25)23-22-14-16-8-10-17(11-9-16)24-12-4-1-5-13-24/h2-3,6-11,14H,1,4-5,12-13,15H2,(H,23,25)/b22-14+. The van der Waals surface area contributed by atoms with Gasteiger partial charge >= 0.3 is 0 Å². The molecule has 1 saturated heterocycles. The minimum atomic E-state index is -0.342. The lowest BCUT2D eigenvalue weighted by Crippen LogP contribution is -2.29. The molecule has 0 aliphatic carbocycles. The Morgan fingerprint density at radius 1 is 1.12 bits per heavy atom. The number of hydrogen-bond acceptors (Lipinski definition) is 4. The Morgan fingerprint density at radius 2 is 1.85 bits per heavy atom. The van der Waals surface area contributed by atoms with Crippen LogP contribution >= 0.6 is 11.6 Å². The van der Waals surface area contributed by atoms with Crippen molar-refractivity contribution in [2.45, 2.75) is 19.3 Å². The Balaban J connectivity index is 1.45. The molecule has 2 aromatic rings. The van der Waals surface area contributed by atoms with Crippen LogP contribution in [0.2, 0.25) is 5.02 Å². The van der Waals surface area contributed by atoms with Crippen LogP contribution < -0.4 is 15.1 Å². The molecule has 3 rings (SSSR count). The third-order valence-electron chi connectivity index (χ3n) is 4.21. The second-order valence-corrected chi connectivity index (χ2v) is 6.56. The average Bonchev–Trinajstić information content (AvgIpc) is 2.69. The molecule has 0 atom stereocenters. The van der Waals surface area contributed by atoms with Gasteiger partial charge in [-0.15, -0.1) is 0 Å². The van der Waals surface area contributed by atoms with Gasteiger partial charge in [-0.3, -0.25) is 4.79 Å². The number of benzene rings is 2. The lowest BCUT2D eigenvalue weighted by atomic mass is 10.1. The van der Waals surface area contributed by atoms with Gasteiger partial charge in [0, 0.05) is 18.8 Å². The van der Waals surface area contributed by atoms with Crippen LogP contribution in [-0.2, 0) is 4.79 Å². The minimum absolute atomic E-state index is 0.144. The molecule has 0 aromatic heterocycles. The molecule has 0 radical (unpaired) electrons. The first-order valence-electron chi connectivity index (χ1n) is 8.76. The number of ether oxygens (including phenoxy) is 1. The number of hydrazone groups is 1. The summed E-state index contributed by atoms with van der Waals surface area (Å²) >= 11 is 5.97. The normalized spacial score (nSPS) is 14.4. The molecular formula is C20H22ClN3O2. The van der Waals surface area contributed by atoms with E-state index in [1.807, 2.05) is 12.1 Å². The average molecular weight is 372 g/mol. The number of carbonyl (C=O) groups excluding carboxylic acids is 1. The highest BCUT2D eigenvalue weighted by molar-refractivity contribution is 6.32. The molecule has 1 aliphatic rings. The van der Waals surface area contributed by atoms with Crippen LogP contribution in [0.1, 0.15) is 24.8 Å². The van der Waals surface area contributed by atoms with Crippen molar-refractivity contribution >= 4 is 29.4 Å². The predicted molar refractivity (Wildman–Crippen MR) is 105 cm³/mol. The summed E-state index contributed by atoms with van der Waals surface area (Å²) in [6.07, 6.45) is 5.45. The molecule has 1 aliphatic heterocycles. The number of anilines is 1. The summed E-state index contributed by atoms with van der Waals surface area (Å²) in [6, 6.07) is 15.2. The minimum Gasteiger partial charge on any atom is -0.482 e. The Morgan fingerprint density at radius 3 is 2.58 bits per heavy atom. The first-order chi connectivity index (χ1) is 12.7. The molecule has 5 nitrogen and oxygen atoms in total. The van der Waals surface area contributed by atoms with Crippen molar-refractivity contribution in [2.75, 3.05) is 24.6 Å². The molecule has 0 saturated carbocycles. The van der Waals surface area contributed by atoms with E-state index in [9.17, 15) is 4.79 Å². The number of nitrogens with one attached hydrogen (secondary N) is 1. The van der Waals surface area contributed by atoms with E-state index >= 15 is 0 Å². The maximum Gasteiger partial charge on any atom is 0.277 e. The van der Waals surface area contributed by atoms with Crippen molar-refractivity contribution in [1.82, 2.24) is 5.43 Å². The summed E-state index contributed by atoms with van der Waals surface area (Å²) < 4.78 is 5.36. The third-order valence-corrected chi connectivity index (χ3v) is 4.52. The summed E-state index contributed by atoms with van der Waals surface area (Å²) in [4.78, 5) is 14.2. The predicted octanol–water partition coefficient (Wildman–Crippen LogP) is 3.86. The number of para-hydroxylation sites is 1. The molecule has 26 heavy (non-hydrogen) atoms. The van der Waals surface area contributed by atoms with E-state index < -0.39 is 0 Å². The molecule has 6 heteroatoms. The van der Waals surface area contributed by atoms with E-state index in [4.69, 9.17) is 16.3 Å². The molecule has 0 unspecified atom stereocenters. The Bertz CT molecular complexity index is 756. The molecule has 0 spiro atoms. The van der Waals surface area contributed by atoms with Gasteiger partial charge in [-0.1, -0.05) is 35.9 Å². The fourth-order valence-electron chi connectivity index (χ4n) is 2.84. The zero-order valence-corrected chi connectivity index (χ0v) is 15.3. The molecule has 136 valence electrons. The van der Waals surface area contributed by atoms with Crippen LogP contribution in [0.25, 0.3) is 0 Å². The van der Waals surface area contributed by atoms with E-state index in [1.165, 1.54) is 24.9 Å². The van der Waals surface area contributed by atoms with Gasteiger partial charge in [0.25, 0.3) is 5.91 Å². The molecule has 0 bridgehead atoms. The lowest BCUT2D eigenvalue weighted by molar-refractivity contribution is -0.123. The number of rotatable bonds is 6. The fraction of sp³-hybridized carbons (Fsp3) is 0.300. The smallest absolute Gasteiger partial charge is 0.277 e. The van der Waals surface area contributed by atoms with Gasteiger partial charge in [-0.05, 0) is 49.1 Å². The summed E-state index contributed by atoms with van der Waals surface area (Å²) in [6.45, 7) is 2.10. The third kappa shape index (κ3) is 5.23. The van der Waals surface area contributed by atoms with Crippen molar-refractivity contribution in [3.63, 3.8) is 0 Å². The van der Waals surface area contributed by atoms with Crippen LogP contribution in [0.15, 0.2) is 53.6 Å². The van der Waals surface area contributed by atoms with Crippen LogP contribution in [0, 0.1) is 0 Å². The highest BCUT2D eigenvalue weighted by atomic mass is 35.5. The zero-order chi connectivity index (χ0) is 18.2. The van der Waals surface area contributed by atoms with E-state index in [0.717, 1.165) is 18.7 Å². The van der Waals surface area contributed by atoms with Crippen LogP contribution in [0.3, 0.4) is 0 Å². The topological polar surface area (TPSA) is 53.9 Å². The van der Waals surface area contributed by atoms with Gasteiger partial charge < -0.3 is 9.64 Å². The highest BCUT2D eigenvalue weighted by Crippen LogP contribution is 2.23. The molecular weight excluding hydrogens is 350 g/mol. The largest absolute Gasteiger partial charge is 0.482 e. The maximum atomic E-state index is 11.8. The second kappa shape index (κ2) is 9.25. The summed E-state index contributed by atoms with van der Waals surface area (Å²) in [5, 5.41) is 4.44. The van der Waals surface area contributed by atoms with E-state index in [-0.39, 0.29) is 12.5 Å². The van der Waals surface area contributed by atoms with Crippen molar-refractivity contribution < 1.29 is 9.53 Å². The lowest BCUT2D eigenvalue weighted by Gasteiger charge is -2.28. The van der Waals surface area contributed by atoms with Gasteiger partial charge in [0.05, 0.1) is 11.2 Å². The summed E-state index contributed by atoms with van der Waals surface area (Å²) in [5.74, 6) is 0.132. The van der Waals surface area contributed by atoms with Gasteiger partial charge in [0.15, 0.2) is 6.61 Å². The number of hydrogen-bond donors (Lipinski definition) is 1. The van der Waals surface area contributed by atoms with Crippen LogP contribution in [0.5, 0.6) is 5.75 Å². The summed E-state index contributed by atoms with van der Waals surface area (Å²) in [7, 11) is 0. The first kappa shape index (κ1) is 18.3. The Kier molecular flexibility index (Phi) is 6.50. The van der Waals surface area contributed by atoms with E-state index in [2.05, 4.69) is 27.6 Å². The molecule has 1 heterocycles. The van der Waals surface area contributed by atoms with Gasteiger partial charge in [-0.2, -0.15) is 5.10 Å². The fourth-order valence-corrected chi connectivity index (χ4v) is 3.03. The van der Waals surface area contributed by atoms with E-state index in [0.29, 0.717) is 10.8 Å². The molecule has 1 N–H and O–H groups in total. The van der Waals surface area contributed by atoms with Gasteiger partial charge in [0.2, 0.25) is 0 Å². The summed E-state index contributed by atoms with van der Waals surface area (Å²) in [5.41, 5.74) is 4.61. The monoisotopic (exact) mass is 371 g/mol. The van der Waals surface area contributed by atoms with Gasteiger partial charge in [0.1, 0.15) is 5.75 Å². The van der Waals surface area contributed by atoms with Crippen molar-refractivity contribution in [1.29, 1.82) is 0 Å². The molecule has 2 aromatic carbocycles. The van der Waals surface area contributed by atoms with Gasteiger partial charge in [-0.25, -0.2) is 5.43 Å². The number of halogens is 1.